The highest BCUT2D eigenvalue weighted by atomic mass is 32.2. The van der Waals surface area contributed by atoms with Crippen LogP contribution in [0.5, 0.6) is 0 Å². The Morgan fingerprint density at radius 1 is 0.955 bits per heavy atom. The number of hydrogen-bond acceptors (Lipinski definition) is 4. The first-order chi connectivity index (χ1) is 10.4. The van der Waals surface area contributed by atoms with Crippen molar-refractivity contribution < 1.29 is 8.42 Å². The summed E-state index contributed by atoms with van der Waals surface area (Å²) in [7, 11) is -3.20. The summed E-state index contributed by atoms with van der Waals surface area (Å²) in [6.45, 7) is 0. The van der Waals surface area contributed by atoms with Crippen LogP contribution in [0, 0.1) is 0 Å². The predicted molar refractivity (Wildman–Crippen MR) is 87.0 cm³/mol. The van der Waals surface area contributed by atoms with Gasteiger partial charge in [0, 0.05) is 23.1 Å². The lowest BCUT2D eigenvalue weighted by atomic mass is 10.0. The molecule has 0 unspecified atom stereocenters. The highest BCUT2D eigenvalue weighted by molar-refractivity contribution is 7.90. The van der Waals surface area contributed by atoms with Crippen LogP contribution in [-0.4, -0.2) is 24.9 Å². The number of nitrogens with zero attached hydrogens (tertiary/aromatic N) is 1. The number of sulfone groups is 1. The fraction of sp³-hybridized carbons (Fsp3) is 0.0625. The first kappa shape index (κ1) is 14.3. The highest BCUT2D eigenvalue weighted by Crippen LogP contribution is 2.30. The molecule has 3 aromatic rings. The molecule has 1 heterocycles. The first-order valence-corrected chi connectivity index (χ1v) is 8.54. The molecule has 3 rings (SSSR count). The number of H-pyrrole nitrogens is 1. The zero-order valence-corrected chi connectivity index (χ0v) is 12.8. The summed E-state index contributed by atoms with van der Waals surface area (Å²) >= 11 is 0. The van der Waals surface area contributed by atoms with Crippen LogP contribution in [-0.2, 0) is 9.84 Å². The van der Waals surface area contributed by atoms with Gasteiger partial charge in [-0.15, -0.1) is 0 Å². The van der Waals surface area contributed by atoms with E-state index < -0.39 is 9.84 Å². The van der Waals surface area contributed by atoms with Crippen molar-refractivity contribution in [2.45, 2.75) is 4.90 Å². The molecule has 0 bridgehead atoms. The number of nitrogens with two attached hydrogens (primary N) is 1. The van der Waals surface area contributed by atoms with Crippen LogP contribution in [0.25, 0.3) is 22.4 Å². The fourth-order valence-electron chi connectivity index (χ4n) is 2.26. The second-order valence-electron chi connectivity index (χ2n) is 5.08. The molecule has 0 radical (unpaired) electrons. The SMILES string of the molecule is CS(=O)(=O)c1ccc(-c2[nH]ncc2-c2ccc(N)cc2)cc1. The molecule has 6 heteroatoms. The van der Waals surface area contributed by atoms with Gasteiger partial charge in [-0.2, -0.15) is 5.10 Å². The summed E-state index contributed by atoms with van der Waals surface area (Å²) in [6, 6.07) is 14.2. The summed E-state index contributed by atoms with van der Waals surface area (Å²) in [4.78, 5) is 0.296. The Morgan fingerprint density at radius 2 is 1.55 bits per heavy atom. The van der Waals surface area contributed by atoms with Gasteiger partial charge < -0.3 is 5.73 Å². The van der Waals surface area contributed by atoms with Crippen molar-refractivity contribution in [1.82, 2.24) is 10.2 Å². The monoisotopic (exact) mass is 313 g/mol. The summed E-state index contributed by atoms with van der Waals surface area (Å²) in [5, 5.41) is 7.06. The second-order valence-corrected chi connectivity index (χ2v) is 7.09. The minimum atomic E-state index is -3.20. The Kier molecular flexibility index (Phi) is 3.46. The number of rotatable bonds is 3. The normalized spacial score (nSPS) is 11.5. The van der Waals surface area contributed by atoms with Crippen LogP contribution in [0.3, 0.4) is 0 Å². The summed E-state index contributed by atoms with van der Waals surface area (Å²) in [5.74, 6) is 0. The lowest BCUT2D eigenvalue weighted by molar-refractivity contribution is 0.602. The molecule has 0 aliphatic carbocycles. The standard InChI is InChI=1S/C16H15N3O2S/c1-22(20,21)14-8-4-12(5-9-14)16-15(10-18-19-16)11-2-6-13(17)7-3-11/h2-10H,17H2,1H3,(H,18,19). The Bertz CT molecular complexity index is 895. The topological polar surface area (TPSA) is 88.8 Å². The van der Waals surface area contributed by atoms with E-state index in [0.717, 1.165) is 22.4 Å². The summed E-state index contributed by atoms with van der Waals surface area (Å²) < 4.78 is 23.0. The molecule has 3 N–H and O–H groups in total. The molecule has 0 aliphatic heterocycles. The largest absolute Gasteiger partial charge is 0.399 e. The molecule has 0 saturated carbocycles. The van der Waals surface area contributed by atoms with Gasteiger partial charge in [0.1, 0.15) is 0 Å². The van der Waals surface area contributed by atoms with Crippen LogP contribution >= 0.6 is 0 Å². The zero-order chi connectivity index (χ0) is 15.7. The van der Waals surface area contributed by atoms with E-state index in [2.05, 4.69) is 10.2 Å². The van der Waals surface area contributed by atoms with E-state index in [0.29, 0.717) is 10.6 Å². The molecule has 0 amide bonds. The lowest BCUT2D eigenvalue weighted by Gasteiger charge is -2.05. The molecule has 0 aliphatic rings. The Hall–Kier alpha value is -2.60. The Morgan fingerprint density at radius 3 is 2.14 bits per heavy atom. The third-order valence-corrected chi connectivity index (χ3v) is 4.56. The maximum Gasteiger partial charge on any atom is 0.175 e. The molecule has 0 spiro atoms. The van der Waals surface area contributed by atoms with Gasteiger partial charge in [-0.05, 0) is 29.8 Å². The molecule has 1 aromatic heterocycles. The van der Waals surface area contributed by atoms with Crippen molar-refractivity contribution in [3.05, 3.63) is 54.7 Å². The molecule has 0 fully saturated rings. The number of nitrogens with one attached hydrogen (secondary N) is 1. The maximum absolute atomic E-state index is 11.5. The number of nitrogen functional groups attached to an aromatic ring is 1. The van der Waals surface area contributed by atoms with Crippen molar-refractivity contribution in [1.29, 1.82) is 0 Å². The number of anilines is 1. The average Bonchev–Trinajstić information content (AvgIpc) is 2.97. The van der Waals surface area contributed by atoms with Gasteiger partial charge in [-0.1, -0.05) is 24.3 Å². The summed E-state index contributed by atoms with van der Waals surface area (Å²) in [5.41, 5.74) is 10.0. The van der Waals surface area contributed by atoms with E-state index in [4.69, 9.17) is 5.73 Å². The third kappa shape index (κ3) is 2.73. The summed E-state index contributed by atoms with van der Waals surface area (Å²) in [6.07, 6.45) is 2.93. The fourth-order valence-corrected chi connectivity index (χ4v) is 2.89. The van der Waals surface area contributed by atoms with Gasteiger partial charge in [0.15, 0.2) is 9.84 Å². The van der Waals surface area contributed by atoms with Gasteiger partial charge in [-0.25, -0.2) is 8.42 Å². The number of hydrogen-bond donors (Lipinski definition) is 2. The van der Waals surface area contributed by atoms with E-state index >= 15 is 0 Å². The van der Waals surface area contributed by atoms with Crippen LogP contribution in [0.4, 0.5) is 5.69 Å². The predicted octanol–water partition coefficient (Wildman–Crippen LogP) is 2.73. The maximum atomic E-state index is 11.5. The number of aromatic nitrogens is 2. The first-order valence-electron chi connectivity index (χ1n) is 6.65. The van der Waals surface area contributed by atoms with Crippen molar-refractivity contribution in [2.24, 2.45) is 0 Å². The molecular formula is C16H15N3O2S. The van der Waals surface area contributed by atoms with Crippen LogP contribution in [0.15, 0.2) is 59.6 Å². The van der Waals surface area contributed by atoms with Gasteiger partial charge in [0.2, 0.25) is 0 Å². The van der Waals surface area contributed by atoms with E-state index in [1.165, 1.54) is 6.26 Å². The zero-order valence-electron chi connectivity index (χ0n) is 11.9. The minimum absolute atomic E-state index is 0.296. The van der Waals surface area contributed by atoms with Gasteiger partial charge >= 0.3 is 0 Å². The van der Waals surface area contributed by atoms with Crippen LogP contribution in [0.1, 0.15) is 0 Å². The van der Waals surface area contributed by atoms with Crippen LogP contribution < -0.4 is 5.73 Å². The van der Waals surface area contributed by atoms with Gasteiger partial charge in [0.25, 0.3) is 0 Å². The Labute approximate surface area is 128 Å². The van der Waals surface area contributed by atoms with Crippen molar-refractivity contribution in [3.63, 3.8) is 0 Å². The lowest BCUT2D eigenvalue weighted by Crippen LogP contribution is -1.96. The molecule has 5 nitrogen and oxygen atoms in total. The van der Waals surface area contributed by atoms with Gasteiger partial charge in [-0.3, -0.25) is 5.10 Å². The van der Waals surface area contributed by atoms with E-state index in [1.807, 2.05) is 24.3 Å². The smallest absolute Gasteiger partial charge is 0.175 e. The van der Waals surface area contributed by atoms with Crippen molar-refractivity contribution >= 4 is 15.5 Å². The second kappa shape index (κ2) is 5.31. The minimum Gasteiger partial charge on any atom is -0.399 e. The quantitative estimate of drug-likeness (QED) is 0.728. The molecule has 0 atom stereocenters. The Balaban J connectivity index is 2.03. The molecule has 22 heavy (non-hydrogen) atoms. The van der Waals surface area contributed by atoms with E-state index in [-0.39, 0.29) is 0 Å². The van der Waals surface area contributed by atoms with Gasteiger partial charge in [0.05, 0.1) is 16.8 Å². The number of aromatic amines is 1. The number of benzene rings is 2. The molecule has 0 saturated heterocycles. The molecular weight excluding hydrogens is 298 g/mol. The highest BCUT2D eigenvalue weighted by Gasteiger charge is 2.12. The van der Waals surface area contributed by atoms with Crippen molar-refractivity contribution in [3.8, 4) is 22.4 Å². The van der Waals surface area contributed by atoms with Crippen molar-refractivity contribution in [2.75, 3.05) is 12.0 Å². The average molecular weight is 313 g/mol. The third-order valence-electron chi connectivity index (χ3n) is 3.43. The van der Waals surface area contributed by atoms with Crippen LogP contribution in [0.2, 0.25) is 0 Å². The molecule has 2 aromatic carbocycles. The molecule has 112 valence electrons. The van der Waals surface area contributed by atoms with E-state index in [1.54, 1.807) is 30.5 Å². The van der Waals surface area contributed by atoms with E-state index in [9.17, 15) is 8.42 Å².